The molecule has 1 heterocycles. The Bertz CT molecular complexity index is 1070. The highest BCUT2D eigenvalue weighted by molar-refractivity contribution is 7.93. The molecule has 0 saturated carbocycles. The number of hydrogen-bond acceptors (Lipinski definition) is 4. The van der Waals surface area contributed by atoms with Gasteiger partial charge in [-0.3, -0.25) is 4.72 Å². The molecule has 0 saturated heterocycles. The summed E-state index contributed by atoms with van der Waals surface area (Å²) in [4.78, 5) is 3.37. The van der Waals surface area contributed by atoms with Gasteiger partial charge in [-0.2, -0.15) is 13.2 Å². The number of fused-ring (bicyclic) bond motifs is 1. The van der Waals surface area contributed by atoms with Crippen LogP contribution in [0.15, 0.2) is 41.3 Å². The number of thiazole rings is 1. The van der Waals surface area contributed by atoms with E-state index in [-0.39, 0.29) is 10.2 Å². The molecule has 3 rings (SSSR count). The van der Waals surface area contributed by atoms with Gasteiger partial charge in [-0.1, -0.05) is 40.6 Å². The van der Waals surface area contributed by atoms with Gasteiger partial charge in [0.1, 0.15) is 10.4 Å². The normalized spacial score (nSPS) is 12.5. The van der Waals surface area contributed by atoms with Crippen LogP contribution in [0.3, 0.4) is 0 Å². The lowest BCUT2D eigenvalue weighted by Gasteiger charge is -2.11. The van der Waals surface area contributed by atoms with Gasteiger partial charge in [-0.05, 0) is 30.3 Å². The minimum Gasteiger partial charge on any atom is -0.255 e. The van der Waals surface area contributed by atoms with Gasteiger partial charge >= 0.3 is 6.18 Å². The van der Waals surface area contributed by atoms with Crippen molar-refractivity contribution in [3.8, 4) is 0 Å². The zero-order valence-corrected chi connectivity index (χ0v) is 15.1. The molecule has 11 heteroatoms. The van der Waals surface area contributed by atoms with E-state index in [9.17, 15) is 21.6 Å². The van der Waals surface area contributed by atoms with Gasteiger partial charge in [0.25, 0.3) is 10.0 Å². The zero-order chi connectivity index (χ0) is 18.4. The average Bonchev–Trinajstić information content (AvgIpc) is 2.89. The first-order chi connectivity index (χ1) is 11.6. The summed E-state index contributed by atoms with van der Waals surface area (Å²) in [6.45, 7) is 0. The summed E-state index contributed by atoms with van der Waals surface area (Å²) in [5.74, 6) is 0. The van der Waals surface area contributed by atoms with Crippen LogP contribution in [-0.2, 0) is 16.2 Å². The van der Waals surface area contributed by atoms with Crippen molar-refractivity contribution in [3.63, 3.8) is 0 Å². The number of benzene rings is 2. The molecule has 0 fully saturated rings. The van der Waals surface area contributed by atoms with Crippen LogP contribution in [-0.4, -0.2) is 13.4 Å². The summed E-state index contributed by atoms with van der Waals surface area (Å²) in [5, 5.41) is -0.0347. The van der Waals surface area contributed by atoms with Crippen LogP contribution in [0.5, 0.6) is 0 Å². The average molecular weight is 427 g/mol. The Morgan fingerprint density at radius 3 is 2.44 bits per heavy atom. The fourth-order valence-electron chi connectivity index (χ4n) is 2.01. The van der Waals surface area contributed by atoms with Crippen molar-refractivity contribution in [2.75, 3.05) is 4.72 Å². The summed E-state index contributed by atoms with van der Waals surface area (Å²) < 4.78 is 66.1. The number of nitrogens with one attached hydrogen (secondary N) is 1. The smallest absolute Gasteiger partial charge is 0.255 e. The minimum atomic E-state index is -4.70. The van der Waals surface area contributed by atoms with Gasteiger partial charge in [-0.15, -0.1) is 0 Å². The molecular weight excluding hydrogens is 420 g/mol. The van der Waals surface area contributed by atoms with E-state index in [1.165, 1.54) is 0 Å². The van der Waals surface area contributed by atoms with Crippen LogP contribution in [0.1, 0.15) is 5.56 Å². The number of rotatable bonds is 3. The van der Waals surface area contributed by atoms with Crippen molar-refractivity contribution in [2.24, 2.45) is 0 Å². The fraction of sp³-hybridized carbons (Fsp3) is 0.0714. The van der Waals surface area contributed by atoms with Crippen molar-refractivity contribution >= 4 is 59.9 Å². The third-order valence-electron chi connectivity index (χ3n) is 3.14. The Labute approximate surface area is 154 Å². The molecule has 0 aliphatic heterocycles. The third kappa shape index (κ3) is 3.69. The second-order valence-corrected chi connectivity index (χ2v) is 8.35. The van der Waals surface area contributed by atoms with Crippen molar-refractivity contribution in [1.82, 2.24) is 4.98 Å². The number of halogens is 5. The van der Waals surface area contributed by atoms with Gasteiger partial charge < -0.3 is 0 Å². The van der Waals surface area contributed by atoms with E-state index in [4.69, 9.17) is 23.2 Å². The van der Waals surface area contributed by atoms with Crippen LogP contribution in [0.25, 0.3) is 10.2 Å². The van der Waals surface area contributed by atoms with Crippen molar-refractivity contribution < 1.29 is 21.6 Å². The maximum Gasteiger partial charge on any atom is 0.416 e. The van der Waals surface area contributed by atoms with Crippen LogP contribution in [0, 0.1) is 0 Å². The minimum absolute atomic E-state index is 0.0309. The van der Waals surface area contributed by atoms with E-state index in [2.05, 4.69) is 9.71 Å². The Morgan fingerprint density at radius 1 is 1.08 bits per heavy atom. The molecular formula is C14H7Cl2F3N2O2S2. The number of nitrogens with zero attached hydrogens (tertiary/aromatic N) is 1. The molecule has 1 aromatic heterocycles. The summed E-state index contributed by atoms with van der Waals surface area (Å²) in [5.41, 5.74) is -0.730. The molecule has 0 spiro atoms. The van der Waals surface area contributed by atoms with E-state index in [1.807, 2.05) is 0 Å². The summed E-state index contributed by atoms with van der Waals surface area (Å²) in [7, 11) is -4.36. The van der Waals surface area contributed by atoms with Crippen LogP contribution >= 0.6 is 34.5 Å². The molecule has 132 valence electrons. The lowest BCUT2D eigenvalue weighted by Crippen LogP contribution is -2.15. The molecule has 0 radical (unpaired) electrons. The zero-order valence-electron chi connectivity index (χ0n) is 11.9. The molecule has 1 N–H and O–H groups in total. The SMILES string of the molecule is O=S(=O)(Nc1nc2c(Cl)cccc2s1)c1cc(C(F)(F)F)ccc1Cl. The molecule has 0 bridgehead atoms. The van der Waals surface area contributed by atoms with Gasteiger partial charge in [0.2, 0.25) is 0 Å². The Hall–Kier alpha value is -1.55. The lowest BCUT2D eigenvalue weighted by molar-refractivity contribution is -0.137. The van der Waals surface area contributed by atoms with E-state index < -0.39 is 26.7 Å². The summed E-state index contributed by atoms with van der Waals surface area (Å²) >= 11 is 12.7. The molecule has 2 aromatic carbocycles. The third-order valence-corrected chi connectivity index (χ3v) is 6.33. The summed E-state index contributed by atoms with van der Waals surface area (Å²) in [6.07, 6.45) is -4.70. The first-order valence-corrected chi connectivity index (χ1v) is 9.58. The number of sulfonamides is 1. The lowest BCUT2D eigenvalue weighted by atomic mass is 10.2. The highest BCUT2D eigenvalue weighted by atomic mass is 35.5. The number of aromatic nitrogens is 1. The van der Waals surface area contributed by atoms with Crippen molar-refractivity contribution in [3.05, 3.63) is 52.0 Å². The standard InChI is InChI=1S/C14H7Cl2F3N2O2S2/c15-8-5-4-7(14(17,18)19)6-11(8)25(22,23)21-13-20-12-9(16)2-1-3-10(12)24-13/h1-6H,(H,20,21). The van der Waals surface area contributed by atoms with Crippen LogP contribution < -0.4 is 4.72 Å². The van der Waals surface area contributed by atoms with Crippen molar-refractivity contribution in [2.45, 2.75) is 11.1 Å². The second kappa shape index (κ2) is 6.31. The maximum atomic E-state index is 12.8. The van der Waals surface area contributed by atoms with Crippen LogP contribution in [0.2, 0.25) is 10.0 Å². The molecule has 0 amide bonds. The predicted octanol–water partition coefficient (Wildman–Crippen LogP) is 5.42. The van der Waals surface area contributed by atoms with E-state index in [0.29, 0.717) is 27.4 Å². The quantitative estimate of drug-likeness (QED) is 0.607. The molecule has 25 heavy (non-hydrogen) atoms. The molecule has 4 nitrogen and oxygen atoms in total. The largest absolute Gasteiger partial charge is 0.416 e. The first-order valence-electron chi connectivity index (χ1n) is 6.52. The van der Waals surface area contributed by atoms with Gasteiger partial charge in [0, 0.05) is 0 Å². The molecule has 0 aliphatic rings. The first kappa shape index (κ1) is 18.2. The van der Waals surface area contributed by atoms with Gasteiger partial charge in [0.15, 0.2) is 5.13 Å². The monoisotopic (exact) mass is 426 g/mol. The molecule has 0 aliphatic carbocycles. The number of anilines is 1. The Kier molecular flexibility index (Phi) is 4.61. The van der Waals surface area contributed by atoms with Crippen LogP contribution in [0.4, 0.5) is 18.3 Å². The predicted molar refractivity (Wildman–Crippen MR) is 91.9 cm³/mol. The van der Waals surface area contributed by atoms with Crippen molar-refractivity contribution in [1.29, 1.82) is 0 Å². The molecule has 0 unspecified atom stereocenters. The Balaban J connectivity index is 2.03. The highest BCUT2D eigenvalue weighted by Crippen LogP contribution is 2.35. The summed E-state index contributed by atoms with van der Waals surface area (Å²) in [6, 6.07) is 7.02. The van der Waals surface area contributed by atoms with Gasteiger partial charge in [-0.25, -0.2) is 13.4 Å². The second-order valence-electron chi connectivity index (χ2n) is 4.85. The number of alkyl halides is 3. The maximum absolute atomic E-state index is 12.8. The topological polar surface area (TPSA) is 59.1 Å². The Morgan fingerprint density at radius 2 is 1.80 bits per heavy atom. The van der Waals surface area contributed by atoms with Gasteiger partial charge in [0.05, 0.1) is 20.3 Å². The highest BCUT2D eigenvalue weighted by Gasteiger charge is 2.33. The van der Waals surface area contributed by atoms with E-state index in [1.54, 1.807) is 18.2 Å². The fourth-order valence-corrected chi connectivity index (χ4v) is 4.94. The van der Waals surface area contributed by atoms with E-state index >= 15 is 0 Å². The molecule has 0 atom stereocenters. The van der Waals surface area contributed by atoms with E-state index in [0.717, 1.165) is 17.4 Å². The number of para-hydroxylation sites is 1. The number of hydrogen-bond donors (Lipinski definition) is 1. The molecule has 3 aromatic rings.